The number of aryl methyl sites for hydroxylation is 2. The van der Waals surface area contributed by atoms with Crippen LogP contribution < -0.4 is 10.5 Å². The van der Waals surface area contributed by atoms with E-state index in [1.54, 1.807) is 7.11 Å². The molecule has 19 heavy (non-hydrogen) atoms. The molecule has 0 saturated heterocycles. The summed E-state index contributed by atoms with van der Waals surface area (Å²) >= 11 is 1.86. The predicted octanol–water partition coefficient (Wildman–Crippen LogP) is 3.92. The maximum absolute atomic E-state index is 5.81. The van der Waals surface area contributed by atoms with Gasteiger partial charge in [0.1, 0.15) is 5.75 Å². The Balaban J connectivity index is 1.86. The first-order valence-corrected chi connectivity index (χ1v) is 7.29. The summed E-state index contributed by atoms with van der Waals surface area (Å²) in [6.45, 7) is 2.04. The molecular formula is C16H19NOS. The zero-order chi connectivity index (χ0) is 13.7. The maximum Gasteiger partial charge on any atom is 0.118 e. The van der Waals surface area contributed by atoms with E-state index in [-0.39, 0.29) is 0 Å². The molecule has 0 radical (unpaired) electrons. The number of ether oxygens (including phenoxy) is 1. The lowest BCUT2D eigenvalue weighted by atomic mass is 10.2. The Morgan fingerprint density at radius 1 is 1.11 bits per heavy atom. The Hall–Kier alpha value is -1.61. The average Bonchev–Trinajstić information content (AvgIpc) is 2.43. The molecule has 0 aliphatic heterocycles. The summed E-state index contributed by atoms with van der Waals surface area (Å²) in [5.41, 5.74) is 9.16. The minimum atomic E-state index is 0.861. The highest BCUT2D eigenvalue weighted by Crippen LogP contribution is 2.23. The lowest BCUT2D eigenvalue weighted by molar-refractivity contribution is 0.414. The molecule has 100 valence electrons. The molecule has 2 nitrogen and oxygen atoms in total. The number of thioether (sulfide) groups is 1. The Bertz CT molecular complexity index is 537. The van der Waals surface area contributed by atoms with E-state index in [2.05, 4.69) is 24.3 Å². The normalized spacial score (nSPS) is 10.4. The Morgan fingerprint density at radius 2 is 1.84 bits per heavy atom. The van der Waals surface area contributed by atoms with Crippen LogP contribution in [0, 0.1) is 6.92 Å². The van der Waals surface area contributed by atoms with Crippen molar-refractivity contribution in [2.24, 2.45) is 0 Å². The molecule has 0 fully saturated rings. The van der Waals surface area contributed by atoms with Crippen LogP contribution in [-0.4, -0.2) is 12.9 Å². The first-order chi connectivity index (χ1) is 9.19. The average molecular weight is 273 g/mol. The molecule has 0 aliphatic rings. The highest BCUT2D eigenvalue weighted by Gasteiger charge is 1.99. The van der Waals surface area contributed by atoms with Crippen LogP contribution in [0.5, 0.6) is 5.75 Å². The van der Waals surface area contributed by atoms with E-state index in [4.69, 9.17) is 10.5 Å². The van der Waals surface area contributed by atoms with Crippen LogP contribution in [-0.2, 0) is 6.42 Å². The summed E-state index contributed by atoms with van der Waals surface area (Å²) in [7, 11) is 1.69. The van der Waals surface area contributed by atoms with E-state index in [0.29, 0.717) is 0 Å². The number of methoxy groups -OCH3 is 1. The number of benzene rings is 2. The quantitative estimate of drug-likeness (QED) is 0.662. The van der Waals surface area contributed by atoms with Crippen molar-refractivity contribution in [1.29, 1.82) is 0 Å². The van der Waals surface area contributed by atoms with Gasteiger partial charge in [-0.2, -0.15) is 0 Å². The van der Waals surface area contributed by atoms with Gasteiger partial charge < -0.3 is 10.5 Å². The molecule has 3 heteroatoms. The van der Waals surface area contributed by atoms with Gasteiger partial charge in [0.15, 0.2) is 0 Å². The maximum atomic E-state index is 5.81. The minimum Gasteiger partial charge on any atom is -0.497 e. The van der Waals surface area contributed by atoms with Crippen LogP contribution in [0.2, 0.25) is 0 Å². The van der Waals surface area contributed by atoms with Crippen molar-refractivity contribution in [3.8, 4) is 5.75 Å². The van der Waals surface area contributed by atoms with Gasteiger partial charge in [-0.3, -0.25) is 0 Å². The number of rotatable bonds is 5. The van der Waals surface area contributed by atoms with E-state index in [0.717, 1.165) is 29.2 Å². The van der Waals surface area contributed by atoms with Crippen LogP contribution in [0.25, 0.3) is 0 Å². The molecule has 0 amide bonds. The van der Waals surface area contributed by atoms with E-state index in [9.17, 15) is 0 Å². The van der Waals surface area contributed by atoms with Crippen molar-refractivity contribution >= 4 is 17.4 Å². The van der Waals surface area contributed by atoms with Crippen molar-refractivity contribution in [3.05, 3.63) is 53.6 Å². The smallest absolute Gasteiger partial charge is 0.118 e. The molecule has 2 rings (SSSR count). The molecule has 0 atom stereocenters. The lowest BCUT2D eigenvalue weighted by Crippen LogP contribution is -1.91. The second-order valence-corrected chi connectivity index (χ2v) is 5.63. The van der Waals surface area contributed by atoms with Crippen LogP contribution >= 0.6 is 11.8 Å². The van der Waals surface area contributed by atoms with Gasteiger partial charge >= 0.3 is 0 Å². The molecule has 0 unspecified atom stereocenters. The van der Waals surface area contributed by atoms with Crippen LogP contribution in [0.3, 0.4) is 0 Å². The van der Waals surface area contributed by atoms with E-state index < -0.39 is 0 Å². The van der Waals surface area contributed by atoms with Gasteiger partial charge in [0, 0.05) is 16.3 Å². The first-order valence-electron chi connectivity index (χ1n) is 6.31. The van der Waals surface area contributed by atoms with Gasteiger partial charge in [0.2, 0.25) is 0 Å². The summed E-state index contributed by atoms with van der Waals surface area (Å²) in [6.07, 6.45) is 1.05. The Morgan fingerprint density at radius 3 is 2.47 bits per heavy atom. The minimum absolute atomic E-state index is 0.861. The number of anilines is 1. The molecule has 0 bridgehead atoms. The number of nitrogen functional groups attached to an aromatic ring is 1. The highest BCUT2D eigenvalue weighted by molar-refractivity contribution is 7.99. The summed E-state index contributed by atoms with van der Waals surface area (Å²) in [6, 6.07) is 14.5. The second kappa shape index (κ2) is 6.53. The van der Waals surface area contributed by atoms with Crippen molar-refractivity contribution in [1.82, 2.24) is 0 Å². The summed E-state index contributed by atoms with van der Waals surface area (Å²) < 4.78 is 5.15. The lowest BCUT2D eigenvalue weighted by Gasteiger charge is -2.06. The largest absolute Gasteiger partial charge is 0.497 e. The Labute approximate surface area is 119 Å². The fourth-order valence-electron chi connectivity index (χ4n) is 1.82. The molecule has 0 aromatic heterocycles. The van der Waals surface area contributed by atoms with Crippen LogP contribution in [0.1, 0.15) is 11.1 Å². The molecule has 0 heterocycles. The van der Waals surface area contributed by atoms with Gasteiger partial charge in [-0.15, -0.1) is 11.8 Å². The van der Waals surface area contributed by atoms with E-state index in [1.807, 2.05) is 36.9 Å². The van der Waals surface area contributed by atoms with Gasteiger partial charge in [0.05, 0.1) is 7.11 Å². The fraction of sp³-hybridized carbons (Fsp3) is 0.250. The topological polar surface area (TPSA) is 35.2 Å². The molecule has 0 spiro atoms. The van der Waals surface area contributed by atoms with E-state index >= 15 is 0 Å². The Kier molecular flexibility index (Phi) is 4.74. The van der Waals surface area contributed by atoms with Crippen molar-refractivity contribution in [2.45, 2.75) is 18.2 Å². The molecule has 0 aliphatic carbocycles. The standard InChI is InChI=1S/C16H19NOS/c1-12-11-15(7-8-16(12)17)19-10-9-13-3-5-14(18-2)6-4-13/h3-8,11H,9-10,17H2,1-2H3. The predicted molar refractivity (Wildman–Crippen MR) is 83.0 cm³/mol. The number of hydrogen-bond donors (Lipinski definition) is 1. The zero-order valence-corrected chi connectivity index (χ0v) is 12.2. The van der Waals surface area contributed by atoms with Gasteiger partial charge in [-0.25, -0.2) is 0 Å². The molecule has 0 saturated carbocycles. The molecule has 2 aromatic carbocycles. The zero-order valence-electron chi connectivity index (χ0n) is 11.3. The van der Waals surface area contributed by atoms with Gasteiger partial charge in [-0.05, 0) is 54.8 Å². The third-order valence-corrected chi connectivity index (χ3v) is 4.06. The fourth-order valence-corrected chi connectivity index (χ4v) is 2.81. The third-order valence-electron chi connectivity index (χ3n) is 3.06. The second-order valence-electron chi connectivity index (χ2n) is 4.46. The summed E-state index contributed by atoms with van der Waals surface area (Å²) in [4.78, 5) is 1.28. The van der Waals surface area contributed by atoms with Crippen molar-refractivity contribution < 1.29 is 4.74 Å². The van der Waals surface area contributed by atoms with Gasteiger partial charge in [0.25, 0.3) is 0 Å². The SMILES string of the molecule is COc1ccc(CCSc2ccc(N)c(C)c2)cc1. The van der Waals surface area contributed by atoms with Crippen molar-refractivity contribution in [2.75, 3.05) is 18.6 Å². The van der Waals surface area contributed by atoms with Crippen LogP contribution in [0.15, 0.2) is 47.4 Å². The number of nitrogens with two attached hydrogens (primary N) is 1. The molecule has 2 N–H and O–H groups in total. The summed E-state index contributed by atoms with van der Waals surface area (Å²) in [5.74, 6) is 1.97. The molecule has 2 aromatic rings. The number of hydrogen-bond acceptors (Lipinski definition) is 3. The highest BCUT2D eigenvalue weighted by atomic mass is 32.2. The summed E-state index contributed by atoms with van der Waals surface area (Å²) in [5, 5.41) is 0. The molecular weight excluding hydrogens is 254 g/mol. The third kappa shape index (κ3) is 3.93. The van der Waals surface area contributed by atoms with Gasteiger partial charge in [-0.1, -0.05) is 12.1 Å². The first kappa shape index (κ1) is 13.8. The van der Waals surface area contributed by atoms with Crippen molar-refractivity contribution in [3.63, 3.8) is 0 Å². The monoisotopic (exact) mass is 273 g/mol. The van der Waals surface area contributed by atoms with E-state index in [1.165, 1.54) is 10.5 Å². The van der Waals surface area contributed by atoms with Crippen LogP contribution in [0.4, 0.5) is 5.69 Å².